The van der Waals surface area contributed by atoms with E-state index >= 15 is 0 Å². The molecule has 1 aliphatic rings. The van der Waals surface area contributed by atoms with Gasteiger partial charge in [0.25, 0.3) is 0 Å². The molecule has 2 heterocycles. The molecule has 2 rings (SSSR count). The van der Waals surface area contributed by atoms with Gasteiger partial charge in [0.15, 0.2) is 0 Å². The van der Waals surface area contributed by atoms with Crippen LogP contribution < -0.4 is 0 Å². The predicted octanol–water partition coefficient (Wildman–Crippen LogP) is 3.32. The smallest absolute Gasteiger partial charge is 0.129 e. The van der Waals surface area contributed by atoms with Crippen LogP contribution in [0.4, 0.5) is 0 Å². The molecule has 1 fully saturated rings. The van der Waals surface area contributed by atoms with Gasteiger partial charge in [0.05, 0.1) is 0 Å². The zero-order valence-electron chi connectivity index (χ0n) is 9.99. The van der Waals surface area contributed by atoms with Gasteiger partial charge in [-0.05, 0) is 57.3 Å². The fourth-order valence-corrected chi connectivity index (χ4v) is 2.49. The van der Waals surface area contributed by atoms with E-state index in [0.717, 1.165) is 0 Å². The highest BCUT2D eigenvalue weighted by Crippen LogP contribution is 2.28. The highest BCUT2D eigenvalue weighted by atomic mass is 35.5. The fraction of sp³-hybridized carbons (Fsp3) is 0.615. The van der Waals surface area contributed by atoms with Crippen molar-refractivity contribution in [2.24, 2.45) is 0 Å². The zero-order chi connectivity index (χ0) is 11.5. The Kier molecular flexibility index (Phi) is 3.82. The summed E-state index contributed by atoms with van der Waals surface area (Å²) in [7, 11) is 0. The van der Waals surface area contributed by atoms with E-state index < -0.39 is 0 Å². The van der Waals surface area contributed by atoms with Crippen molar-refractivity contribution in [2.75, 3.05) is 13.1 Å². The lowest BCUT2D eigenvalue weighted by Crippen LogP contribution is -2.37. The first kappa shape index (κ1) is 11.9. The summed E-state index contributed by atoms with van der Waals surface area (Å²) in [6.07, 6.45) is 4.40. The summed E-state index contributed by atoms with van der Waals surface area (Å²) in [5.41, 5.74) is 1.34. The molecule has 0 aliphatic carbocycles. The number of hydrogen-bond acceptors (Lipinski definition) is 2. The van der Waals surface area contributed by atoms with Crippen LogP contribution in [0.25, 0.3) is 0 Å². The molecule has 3 heteroatoms. The minimum atomic E-state index is 0.586. The Hall–Kier alpha value is -0.600. The van der Waals surface area contributed by atoms with Crippen LogP contribution in [0.3, 0.4) is 0 Å². The molecule has 0 bridgehead atoms. The third-order valence-corrected chi connectivity index (χ3v) is 3.71. The molecule has 0 N–H and O–H groups in total. The van der Waals surface area contributed by atoms with Gasteiger partial charge in [-0.25, -0.2) is 4.98 Å². The number of hydrogen-bond donors (Lipinski definition) is 0. The summed E-state index contributed by atoms with van der Waals surface area (Å²) < 4.78 is 0. The quantitative estimate of drug-likeness (QED) is 0.735. The maximum atomic E-state index is 5.80. The van der Waals surface area contributed by atoms with Crippen molar-refractivity contribution in [1.29, 1.82) is 0 Å². The van der Waals surface area contributed by atoms with Crippen molar-refractivity contribution < 1.29 is 0 Å². The molecule has 0 radical (unpaired) electrons. The molecule has 0 aromatic carbocycles. The molecule has 0 unspecified atom stereocenters. The molecule has 0 spiro atoms. The SMILES string of the molecule is CC(C)N1CCC(c2ccc(Cl)nc2)CC1. The number of likely N-dealkylation sites (tertiary alicyclic amines) is 1. The molecule has 0 atom stereocenters. The van der Waals surface area contributed by atoms with Gasteiger partial charge in [-0.3, -0.25) is 0 Å². The van der Waals surface area contributed by atoms with Crippen molar-refractivity contribution in [1.82, 2.24) is 9.88 Å². The van der Waals surface area contributed by atoms with Crippen LogP contribution in [0.2, 0.25) is 5.15 Å². The standard InChI is InChI=1S/C13H19ClN2/c1-10(2)16-7-5-11(6-8-16)12-3-4-13(14)15-9-12/h3-4,9-11H,5-8H2,1-2H3. The van der Waals surface area contributed by atoms with E-state index in [1.54, 1.807) is 0 Å². The van der Waals surface area contributed by atoms with Gasteiger partial charge in [0.2, 0.25) is 0 Å². The lowest BCUT2D eigenvalue weighted by Gasteiger charge is -2.34. The first-order valence-corrected chi connectivity index (χ1v) is 6.40. The Morgan fingerprint density at radius 3 is 2.50 bits per heavy atom. The second-order valence-corrected chi connectivity index (χ2v) is 5.21. The zero-order valence-corrected chi connectivity index (χ0v) is 10.7. The van der Waals surface area contributed by atoms with Gasteiger partial charge in [-0.2, -0.15) is 0 Å². The van der Waals surface area contributed by atoms with Crippen LogP contribution in [-0.4, -0.2) is 29.0 Å². The van der Waals surface area contributed by atoms with E-state index in [4.69, 9.17) is 11.6 Å². The lowest BCUT2D eigenvalue weighted by atomic mass is 9.90. The summed E-state index contributed by atoms with van der Waals surface area (Å²) in [5.74, 6) is 0.666. The van der Waals surface area contributed by atoms with Gasteiger partial charge < -0.3 is 4.90 Å². The molecule has 1 saturated heterocycles. The number of piperidine rings is 1. The number of aromatic nitrogens is 1. The highest BCUT2D eigenvalue weighted by Gasteiger charge is 2.21. The fourth-order valence-electron chi connectivity index (χ4n) is 2.38. The Morgan fingerprint density at radius 2 is 2.00 bits per heavy atom. The van der Waals surface area contributed by atoms with E-state index in [-0.39, 0.29) is 0 Å². The Bertz CT molecular complexity index is 326. The third kappa shape index (κ3) is 2.74. The molecule has 1 aromatic rings. The Labute approximate surface area is 103 Å². The molecular weight excluding hydrogens is 220 g/mol. The van der Waals surface area contributed by atoms with Crippen LogP contribution in [0.1, 0.15) is 38.2 Å². The second-order valence-electron chi connectivity index (χ2n) is 4.82. The average molecular weight is 239 g/mol. The highest BCUT2D eigenvalue weighted by molar-refractivity contribution is 6.29. The van der Waals surface area contributed by atoms with Crippen molar-refractivity contribution >= 4 is 11.6 Å². The minimum Gasteiger partial charge on any atom is -0.301 e. The molecule has 1 aliphatic heterocycles. The lowest BCUT2D eigenvalue weighted by molar-refractivity contribution is 0.172. The monoisotopic (exact) mass is 238 g/mol. The van der Waals surface area contributed by atoms with Crippen molar-refractivity contribution in [3.05, 3.63) is 29.0 Å². The van der Waals surface area contributed by atoms with E-state index in [2.05, 4.69) is 29.8 Å². The van der Waals surface area contributed by atoms with Gasteiger partial charge in [-0.15, -0.1) is 0 Å². The molecule has 0 saturated carbocycles. The largest absolute Gasteiger partial charge is 0.301 e. The van der Waals surface area contributed by atoms with E-state index in [9.17, 15) is 0 Å². The van der Waals surface area contributed by atoms with Crippen molar-refractivity contribution in [3.63, 3.8) is 0 Å². The van der Waals surface area contributed by atoms with E-state index in [1.165, 1.54) is 31.5 Å². The Balaban J connectivity index is 1.96. The first-order valence-electron chi connectivity index (χ1n) is 6.02. The van der Waals surface area contributed by atoms with Crippen molar-refractivity contribution in [2.45, 2.75) is 38.6 Å². The predicted molar refractivity (Wildman–Crippen MR) is 67.9 cm³/mol. The van der Waals surface area contributed by atoms with Gasteiger partial charge in [0, 0.05) is 12.2 Å². The molecule has 88 valence electrons. The van der Waals surface area contributed by atoms with Crippen LogP contribution >= 0.6 is 11.6 Å². The van der Waals surface area contributed by atoms with Crippen LogP contribution in [0, 0.1) is 0 Å². The van der Waals surface area contributed by atoms with E-state index in [0.29, 0.717) is 17.1 Å². The average Bonchev–Trinajstić information content (AvgIpc) is 2.30. The summed E-state index contributed by atoms with van der Waals surface area (Å²) in [6, 6.07) is 4.68. The maximum absolute atomic E-state index is 5.80. The molecule has 16 heavy (non-hydrogen) atoms. The molecule has 1 aromatic heterocycles. The Morgan fingerprint density at radius 1 is 1.31 bits per heavy atom. The third-order valence-electron chi connectivity index (χ3n) is 3.48. The first-order chi connectivity index (χ1) is 7.66. The van der Waals surface area contributed by atoms with Crippen LogP contribution in [0.5, 0.6) is 0 Å². The molecule has 0 amide bonds. The second kappa shape index (κ2) is 5.15. The summed E-state index contributed by atoms with van der Waals surface area (Å²) in [6.45, 7) is 6.93. The van der Waals surface area contributed by atoms with Gasteiger partial charge in [0.1, 0.15) is 5.15 Å². The molecular formula is C13H19ClN2. The van der Waals surface area contributed by atoms with Crippen LogP contribution in [-0.2, 0) is 0 Å². The number of nitrogens with zero attached hydrogens (tertiary/aromatic N) is 2. The maximum Gasteiger partial charge on any atom is 0.129 e. The number of rotatable bonds is 2. The molecule has 2 nitrogen and oxygen atoms in total. The van der Waals surface area contributed by atoms with E-state index in [1.807, 2.05) is 12.3 Å². The summed E-state index contributed by atoms with van der Waals surface area (Å²) in [4.78, 5) is 6.70. The topological polar surface area (TPSA) is 16.1 Å². The van der Waals surface area contributed by atoms with Gasteiger partial charge in [-0.1, -0.05) is 17.7 Å². The summed E-state index contributed by atoms with van der Waals surface area (Å²) >= 11 is 5.80. The number of pyridine rings is 1. The van der Waals surface area contributed by atoms with Crippen molar-refractivity contribution in [3.8, 4) is 0 Å². The van der Waals surface area contributed by atoms with Gasteiger partial charge >= 0.3 is 0 Å². The number of halogens is 1. The normalized spacial score (nSPS) is 19.2. The summed E-state index contributed by atoms with van der Waals surface area (Å²) in [5, 5.41) is 0.586. The minimum absolute atomic E-state index is 0.586. The van der Waals surface area contributed by atoms with Crippen LogP contribution in [0.15, 0.2) is 18.3 Å².